The molecule has 0 saturated heterocycles. The Balaban J connectivity index is 1.59. The Kier molecular flexibility index (Phi) is 8.55. The second-order valence-corrected chi connectivity index (χ2v) is 6.56. The predicted molar refractivity (Wildman–Crippen MR) is 104 cm³/mol. The minimum Gasteiger partial charge on any atom is -0.0885 e. The Labute approximate surface area is 142 Å². The normalized spacial score (nSPS) is 11.5. The van der Waals surface area contributed by atoms with Crippen LogP contribution in [-0.4, -0.2) is 0 Å². The van der Waals surface area contributed by atoms with Crippen LogP contribution in [0.2, 0.25) is 0 Å². The third-order valence-corrected chi connectivity index (χ3v) is 4.59. The van der Waals surface area contributed by atoms with E-state index in [9.17, 15) is 0 Å². The zero-order valence-electron chi connectivity index (χ0n) is 14.8. The summed E-state index contributed by atoms with van der Waals surface area (Å²) < 4.78 is 0. The molecule has 0 amide bonds. The van der Waals surface area contributed by atoms with Gasteiger partial charge in [0, 0.05) is 0 Å². The van der Waals surface area contributed by atoms with Crippen LogP contribution < -0.4 is 0 Å². The summed E-state index contributed by atoms with van der Waals surface area (Å²) in [6.07, 6.45) is 18.0. The SMILES string of the molecule is CCCCCC/C=C/CCCCCc1cccc2ccccc12. The number of unbranched alkanes of at least 4 members (excludes halogenated alkanes) is 7. The lowest BCUT2D eigenvalue weighted by molar-refractivity contribution is 0.669. The van der Waals surface area contributed by atoms with E-state index in [1.165, 1.54) is 80.5 Å². The fourth-order valence-electron chi connectivity index (χ4n) is 3.19. The van der Waals surface area contributed by atoms with Gasteiger partial charge in [-0.2, -0.15) is 0 Å². The summed E-state index contributed by atoms with van der Waals surface area (Å²) in [5.41, 5.74) is 1.51. The van der Waals surface area contributed by atoms with Gasteiger partial charge in [0.2, 0.25) is 0 Å². The van der Waals surface area contributed by atoms with Crippen molar-refractivity contribution in [2.24, 2.45) is 0 Å². The van der Waals surface area contributed by atoms with Crippen LogP contribution in [0.3, 0.4) is 0 Å². The molecule has 2 aromatic carbocycles. The lowest BCUT2D eigenvalue weighted by Crippen LogP contribution is -1.88. The van der Waals surface area contributed by atoms with Crippen LogP contribution in [0.25, 0.3) is 10.8 Å². The van der Waals surface area contributed by atoms with Crippen molar-refractivity contribution >= 4 is 10.8 Å². The topological polar surface area (TPSA) is 0 Å². The van der Waals surface area contributed by atoms with Gasteiger partial charge in [0.05, 0.1) is 0 Å². The number of hydrogen-bond donors (Lipinski definition) is 0. The summed E-state index contributed by atoms with van der Waals surface area (Å²) in [4.78, 5) is 0. The molecular weight excluding hydrogens is 276 g/mol. The number of fused-ring (bicyclic) bond motifs is 1. The molecule has 2 aromatic rings. The first-order chi connectivity index (χ1) is 11.4. The van der Waals surface area contributed by atoms with Gasteiger partial charge in [0.15, 0.2) is 0 Å². The number of rotatable bonds is 11. The fraction of sp³-hybridized carbons (Fsp3) is 0.478. The van der Waals surface area contributed by atoms with Gasteiger partial charge in [-0.1, -0.05) is 87.2 Å². The van der Waals surface area contributed by atoms with Gasteiger partial charge >= 0.3 is 0 Å². The molecule has 0 aliphatic heterocycles. The van der Waals surface area contributed by atoms with Crippen molar-refractivity contribution in [1.82, 2.24) is 0 Å². The minimum atomic E-state index is 1.21. The minimum absolute atomic E-state index is 1.21. The van der Waals surface area contributed by atoms with E-state index >= 15 is 0 Å². The maximum absolute atomic E-state index is 2.39. The largest absolute Gasteiger partial charge is 0.0885 e. The lowest BCUT2D eigenvalue weighted by atomic mass is 9.99. The van der Waals surface area contributed by atoms with Gasteiger partial charge in [-0.3, -0.25) is 0 Å². The molecule has 0 saturated carbocycles. The molecule has 0 unspecified atom stereocenters. The molecule has 0 radical (unpaired) electrons. The van der Waals surface area contributed by atoms with E-state index in [2.05, 4.69) is 61.5 Å². The standard InChI is InChI=1S/C23H32/c1-2-3-4-5-6-7-8-9-10-11-12-16-21-18-15-19-22-17-13-14-20-23(21)22/h7-8,13-15,17-20H,2-6,9-12,16H2,1H3/b8-7+. The first kappa shape index (κ1) is 17.8. The Hall–Kier alpha value is -1.56. The predicted octanol–water partition coefficient (Wildman–Crippen LogP) is 7.47. The Morgan fingerprint density at radius 3 is 2.17 bits per heavy atom. The molecule has 0 atom stereocenters. The Morgan fingerprint density at radius 1 is 0.696 bits per heavy atom. The highest BCUT2D eigenvalue weighted by Crippen LogP contribution is 2.20. The molecule has 0 nitrogen and oxygen atoms in total. The summed E-state index contributed by atoms with van der Waals surface area (Å²) in [6, 6.07) is 15.4. The molecule has 0 aromatic heterocycles. The van der Waals surface area contributed by atoms with Crippen molar-refractivity contribution in [2.75, 3.05) is 0 Å². The summed E-state index contributed by atoms with van der Waals surface area (Å²) in [7, 11) is 0. The first-order valence-corrected chi connectivity index (χ1v) is 9.53. The Morgan fingerprint density at radius 2 is 1.39 bits per heavy atom. The van der Waals surface area contributed by atoms with Crippen LogP contribution >= 0.6 is 0 Å². The second-order valence-electron chi connectivity index (χ2n) is 6.56. The van der Waals surface area contributed by atoms with E-state index in [0.717, 1.165) is 0 Å². The van der Waals surface area contributed by atoms with Crippen molar-refractivity contribution in [2.45, 2.75) is 71.1 Å². The van der Waals surface area contributed by atoms with E-state index in [4.69, 9.17) is 0 Å². The molecule has 0 aliphatic carbocycles. The van der Waals surface area contributed by atoms with Crippen molar-refractivity contribution < 1.29 is 0 Å². The van der Waals surface area contributed by atoms with Crippen LogP contribution in [-0.2, 0) is 6.42 Å². The number of hydrogen-bond acceptors (Lipinski definition) is 0. The van der Waals surface area contributed by atoms with E-state index in [1.807, 2.05) is 0 Å². The molecule has 0 N–H and O–H groups in total. The highest BCUT2D eigenvalue weighted by atomic mass is 14.0. The lowest BCUT2D eigenvalue weighted by Gasteiger charge is -2.06. The molecule has 124 valence electrons. The number of allylic oxidation sites excluding steroid dienone is 2. The fourth-order valence-corrected chi connectivity index (χ4v) is 3.19. The summed E-state index contributed by atoms with van der Waals surface area (Å²) in [5, 5.41) is 2.80. The van der Waals surface area contributed by atoms with Crippen LogP contribution in [0.1, 0.15) is 70.3 Å². The van der Waals surface area contributed by atoms with E-state index in [0.29, 0.717) is 0 Å². The van der Waals surface area contributed by atoms with Gasteiger partial charge in [-0.05, 0) is 54.9 Å². The van der Waals surface area contributed by atoms with Gasteiger partial charge < -0.3 is 0 Å². The first-order valence-electron chi connectivity index (χ1n) is 9.53. The molecule has 0 fully saturated rings. The van der Waals surface area contributed by atoms with E-state index < -0.39 is 0 Å². The maximum Gasteiger partial charge on any atom is -0.0152 e. The second kappa shape index (κ2) is 11.0. The highest BCUT2D eigenvalue weighted by Gasteiger charge is 1.99. The van der Waals surface area contributed by atoms with E-state index in [-0.39, 0.29) is 0 Å². The monoisotopic (exact) mass is 308 g/mol. The molecule has 23 heavy (non-hydrogen) atoms. The third kappa shape index (κ3) is 6.60. The van der Waals surface area contributed by atoms with Crippen molar-refractivity contribution in [3.8, 4) is 0 Å². The third-order valence-electron chi connectivity index (χ3n) is 4.59. The average molecular weight is 309 g/mol. The molecule has 0 heteroatoms. The summed E-state index contributed by atoms with van der Waals surface area (Å²) >= 11 is 0. The van der Waals surface area contributed by atoms with Crippen LogP contribution in [0.4, 0.5) is 0 Å². The highest BCUT2D eigenvalue weighted by molar-refractivity contribution is 5.85. The van der Waals surface area contributed by atoms with Crippen LogP contribution in [0, 0.1) is 0 Å². The molecular formula is C23H32. The molecule has 2 rings (SSSR count). The van der Waals surface area contributed by atoms with Gasteiger partial charge in [0.25, 0.3) is 0 Å². The zero-order chi connectivity index (χ0) is 16.2. The Bertz CT molecular complexity index is 574. The molecule has 0 aliphatic rings. The molecule has 0 bridgehead atoms. The number of benzene rings is 2. The smallest absolute Gasteiger partial charge is 0.0152 e. The zero-order valence-corrected chi connectivity index (χ0v) is 14.8. The summed E-state index contributed by atoms with van der Waals surface area (Å²) in [6.45, 7) is 2.27. The quantitative estimate of drug-likeness (QED) is 0.298. The van der Waals surface area contributed by atoms with Gasteiger partial charge in [-0.25, -0.2) is 0 Å². The maximum atomic E-state index is 2.39. The van der Waals surface area contributed by atoms with Crippen molar-refractivity contribution in [3.63, 3.8) is 0 Å². The van der Waals surface area contributed by atoms with Crippen molar-refractivity contribution in [3.05, 3.63) is 60.2 Å². The van der Waals surface area contributed by atoms with Gasteiger partial charge in [-0.15, -0.1) is 0 Å². The van der Waals surface area contributed by atoms with Crippen molar-refractivity contribution in [1.29, 1.82) is 0 Å². The van der Waals surface area contributed by atoms with Gasteiger partial charge in [0.1, 0.15) is 0 Å². The summed E-state index contributed by atoms with van der Waals surface area (Å²) in [5.74, 6) is 0. The van der Waals surface area contributed by atoms with E-state index in [1.54, 1.807) is 0 Å². The van der Waals surface area contributed by atoms with Crippen LogP contribution in [0.15, 0.2) is 54.6 Å². The van der Waals surface area contributed by atoms with Crippen LogP contribution in [0.5, 0.6) is 0 Å². The molecule has 0 heterocycles. The average Bonchev–Trinajstić information content (AvgIpc) is 2.60. The number of aryl methyl sites for hydroxylation is 1. The molecule has 0 spiro atoms.